The van der Waals surface area contributed by atoms with Crippen LogP contribution in [0, 0.1) is 0 Å². The number of nitrogens with one attached hydrogen (secondary N) is 1. The molecule has 0 aromatic carbocycles. The Morgan fingerprint density at radius 2 is 2.16 bits per heavy atom. The van der Waals surface area contributed by atoms with E-state index in [-0.39, 0.29) is 5.16 Å². The molecule has 132 valence electrons. The van der Waals surface area contributed by atoms with Gasteiger partial charge in [0.15, 0.2) is 5.65 Å². The van der Waals surface area contributed by atoms with Gasteiger partial charge in [0.1, 0.15) is 16.0 Å². The quantitative estimate of drug-likeness (QED) is 0.534. The van der Waals surface area contributed by atoms with Crippen LogP contribution < -0.4 is 5.32 Å². The maximum absolute atomic E-state index is 6.29. The zero-order valence-corrected chi connectivity index (χ0v) is 18.4. The molecule has 1 N–H and O–H groups in total. The van der Waals surface area contributed by atoms with Gasteiger partial charge in [-0.1, -0.05) is 25.4 Å². The summed E-state index contributed by atoms with van der Waals surface area (Å²) in [7, 11) is 0.910. The normalized spacial score (nSPS) is 17.3. The Labute approximate surface area is 159 Å². The van der Waals surface area contributed by atoms with Gasteiger partial charge in [-0.3, -0.25) is 0 Å². The molecule has 25 heavy (non-hydrogen) atoms. The SMILES string of the molecule is CC(C)c1cnn2c(NC(C)([SiH3])c3nc(C4CC4)cs3)cc(Cl)nc12. The summed E-state index contributed by atoms with van der Waals surface area (Å²) in [6.07, 6.45) is 4.44. The standard InChI is InChI=1S/C17H22ClN5SSi/c1-9(2)11-7-19-23-14(6-13(18)21-15(11)23)22-17(3,25)16-20-12(8-24-16)10-4-5-10/h6-10,22H,4-5H2,1-3,25H3. The molecule has 8 heteroatoms. The first-order chi connectivity index (χ1) is 11.8. The van der Waals surface area contributed by atoms with Crippen molar-refractivity contribution in [3.05, 3.63) is 39.1 Å². The minimum Gasteiger partial charge on any atom is -0.362 e. The highest BCUT2D eigenvalue weighted by Gasteiger charge is 2.30. The number of fused-ring (bicyclic) bond motifs is 1. The Kier molecular flexibility index (Phi) is 4.13. The predicted octanol–water partition coefficient (Wildman–Crippen LogP) is 3.49. The molecule has 1 saturated carbocycles. The Morgan fingerprint density at radius 1 is 1.40 bits per heavy atom. The van der Waals surface area contributed by atoms with Crippen molar-refractivity contribution in [1.29, 1.82) is 0 Å². The highest BCUT2D eigenvalue weighted by Crippen LogP contribution is 2.41. The Hall–Kier alpha value is -1.44. The third-order valence-corrected chi connectivity index (χ3v) is 7.05. The Bertz CT molecular complexity index is 928. The fraction of sp³-hybridized carbons (Fsp3) is 0.471. The molecule has 3 aromatic heterocycles. The third kappa shape index (κ3) is 3.20. The fourth-order valence-electron chi connectivity index (χ4n) is 2.96. The number of thiazole rings is 1. The molecule has 1 fully saturated rings. The van der Waals surface area contributed by atoms with E-state index >= 15 is 0 Å². The Morgan fingerprint density at radius 3 is 2.84 bits per heavy atom. The van der Waals surface area contributed by atoms with Gasteiger partial charge in [0.2, 0.25) is 0 Å². The molecule has 3 heterocycles. The van der Waals surface area contributed by atoms with Crippen LogP contribution in [-0.2, 0) is 5.16 Å². The van der Waals surface area contributed by atoms with Gasteiger partial charge in [-0.05, 0) is 25.7 Å². The van der Waals surface area contributed by atoms with Gasteiger partial charge in [-0.15, -0.1) is 11.3 Å². The van der Waals surface area contributed by atoms with E-state index in [4.69, 9.17) is 16.6 Å². The lowest BCUT2D eigenvalue weighted by Crippen LogP contribution is -2.33. The van der Waals surface area contributed by atoms with Gasteiger partial charge in [0, 0.05) is 33.2 Å². The molecule has 0 spiro atoms. The predicted molar refractivity (Wildman–Crippen MR) is 107 cm³/mol. The lowest BCUT2D eigenvalue weighted by molar-refractivity contribution is 0.747. The molecule has 3 aromatic rings. The van der Waals surface area contributed by atoms with Crippen LogP contribution in [0.5, 0.6) is 0 Å². The van der Waals surface area contributed by atoms with Crippen LogP contribution in [0.4, 0.5) is 5.82 Å². The van der Waals surface area contributed by atoms with Crippen molar-refractivity contribution in [3.8, 4) is 0 Å². The first-order valence-electron chi connectivity index (χ1n) is 8.63. The summed E-state index contributed by atoms with van der Waals surface area (Å²) in [4.78, 5) is 9.37. The summed E-state index contributed by atoms with van der Waals surface area (Å²) in [6.45, 7) is 6.47. The summed E-state index contributed by atoms with van der Waals surface area (Å²) < 4.78 is 1.85. The highest BCUT2D eigenvalue weighted by molar-refractivity contribution is 7.10. The van der Waals surface area contributed by atoms with Gasteiger partial charge in [0.25, 0.3) is 0 Å². The van der Waals surface area contributed by atoms with E-state index in [1.54, 1.807) is 11.3 Å². The summed E-state index contributed by atoms with van der Waals surface area (Å²) >= 11 is 8.04. The Balaban J connectivity index is 1.71. The molecule has 5 nitrogen and oxygen atoms in total. The van der Waals surface area contributed by atoms with Crippen LogP contribution in [0.1, 0.15) is 61.7 Å². The molecule has 0 aliphatic heterocycles. The maximum atomic E-state index is 6.29. The molecule has 4 rings (SSSR count). The molecule has 1 atom stereocenters. The van der Waals surface area contributed by atoms with Gasteiger partial charge in [-0.2, -0.15) is 9.61 Å². The van der Waals surface area contributed by atoms with Crippen LogP contribution in [0.3, 0.4) is 0 Å². The second-order valence-corrected chi connectivity index (χ2v) is 10.8. The second kappa shape index (κ2) is 6.07. The molecule has 0 amide bonds. The summed E-state index contributed by atoms with van der Waals surface area (Å²) in [5, 5.41) is 11.8. The molecular weight excluding hydrogens is 370 g/mol. The first-order valence-corrected chi connectivity index (χ1v) is 10.9. The van der Waals surface area contributed by atoms with Crippen LogP contribution >= 0.6 is 22.9 Å². The van der Waals surface area contributed by atoms with Crippen LogP contribution in [0.25, 0.3) is 5.65 Å². The zero-order valence-electron chi connectivity index (χ0n) is 14.9. The van der Waals surface area contributed by atoms with Crippen LogP contribution in [-0.4, -0.2) is 29.8 Å². The van der Waals surface area contributed by atoms with Crippen molar-refractivity contribution in [2.45, 2.75) is 50.6 Å². The van der Waals surface area contributed by atoms with Crippen molar-refractivity contribution in [2.24, 2.45) is 0 Å². The number of halogens is 1. The van der Waals surface area contributed by atoms with E-state index < -0.39 is 0 Å². The van der Waals surface area contributed by atoms with Crippen molar-refractivity contribution in [2.75, 3.05) is 5.32 Å². The lowest BCUT2D eigenvalue weighted by atomic mass is 10.1. The number of hydrogen-bond donors (Lipinski definition) is 1. The molecular formula is C17H22ClN5SSi. The van der Waals surface area contributed by atoms with Crippen LogP contribution in [0.15, 0.2) is 17.6 Å². The van der Waals surface area contributed by atoms with Crippen molar-refractivity contribution < 1.29 is 0 Å². The third-order valence-electron chi connectivity index (χ3n) is 4.58. The molecule has 0 bridgehead atoms. The lowest BCUT2D eigenvalue weighted by Gasteiger charge is -2.25. The monoisotopic (exact) mass is 391 g/mol. The van der Waals surface area contributed by atoms with E-state index in [1.807, 2.05) is 16.8 Å². The van der Waals surface area contributed by atoms with Gasteiger partial charge >= 0.3 is 0 Å². The molecule has 1 aliphatic carbocycles. The maximum Gasteiger partial charge on any atom is 0.162 e. The largest absolute Gasteiger partial charge is 0.362 e. The molecule has 0 radical (unpaired) electrons. The number of rotatable bonds is 5. The number of anilines is 1. The van der Waals surface area contributed by atoms with E-state index in [1.165, 1.54) is 18.5 Å². The number of hydrogen-bond acceptors (Lipinski definition) is 5. The topological polar surface area (TPSA) is 55.1 Å². The minimum atomic E-state index is -0.181. The van der Waals surface area contributed by atoms with E-state index in [9.17, 15) is 0 Å². The zero-order chi connectivity index (χ0) is 17.8. The smallest absolute Gasteiger partial charge is 0.162 e. The fourth-order valence-corrected chi connectivity index (χ4v) is 4.85. The van der Waals surface area contributed by atoms with E-state index in [2.05, 4.69) is 41.6 Å². The molecule has 0 saturated heterocycles. The minimum absolute atomic E-state index is 0.181. The molecule has 1 aliphatic rings. The highest BCUT2D eigenvalue weighted by atomic mass is 35.5. The number of nitrogens with zero attached hydrogens (tertiary/aromatic N) is 4. The van der Waals surface area contributed by atoms with Crippen LogP contribution in [0.2, 0.25) is 5.15 Å². The number of aromatic nitrogens is 4. The van der Waals surface area contributed by atoms with E-state index in [0.29, 0.717) is 17.0 Å². The van der Waals surface area contributed by atoms with E-state index in [0.717, 1.165) is 32.3 Å². The summed E-state index contributed by atoms with van der Waals surface area (Å²) in [5.41, 5.74) is 3.18. The second-order valence-electron chi connectivity index (χ2n) is 7.56. The average molecular weight is 392 g/mol. The molecule has 1 unspecified atom stereocenters. The average Bonchev–Trinajstić information content (AvgIpc) is 3.09. The van der Waals surface area contributed by atoms with Crippen molar-refractivity contribution >= 4 is 44.6 Å². The van der Waals surface area contributed by atoms with Crippen molar-refractivity contribution in [1.82, 2.24) is 19.6 Å². The van der Waals surface area contributed by atoms with Gasteiger partial charge in [-0.25, -0.2) is 9.97 Å². The van der Waals surface area contributed by atoms with Crippen molar-refractivity contribution in [3.63, 3.8) is 0 Å². The summed E-state index contributed by atoms with van der Waals surface area (Å²) in [5.74, 6) is 1.89. The van der Waals surface area contributed by atoms with Gasteiger partial charge in [0.05, 0.1) is 17.1 Å². The van der Waals surface area contributed by atoms with Gasteiger partial charge < -0.3 is 5.32 Å². The first kappa shape index (κ1) is 17.0. The summed E-state index contributed by atoms with van der Waals surface area (Å²) in [6, 6.07) is 1.84.